The summed E-state index contributed by atoms with van der Waals surface area (Å²) in [7, 11) is 0. The number of anilines is 1. The Morgan fingerprint density at radius 3 is 2.30 bits per heavy atom. The molecule has 5 heteroatoms. The molecule has 2 heterocycles. The van der Waals surface area contributed by atoms with Gasteiger partial charge in [0.1, 0.15) is 0 Å². The van der Waals surface area contributed by atoms with Gasteiger partial charge < -0.3 is 0 Å². The Kier molecular flexibility index (Phi) is 3.19. The van der Waals surface area contributed by atoms with E-state index in [0.29, 0.717) is 22.5 Å². The van der Waals surface area contributed by atoms with E-state index in [1.54, 1.807) is 19.1 Å². The largest absolute Gasteiger partial charge is 0.268 e. The maximum Gasteiger partial charge on any atom is 0.268 e. The molecule has 0 unspecified atom stereocenters. The molecule has 112 valence electrons. The van der Waals surface area contributed by atoms with Crippen molar-refractivity contribution in [2.75, 3.05) is 4.90 Å². The zero-order valence-electron chi connectivity index (χ0n) is 12.2. The monoisotopic (exact) mass is 414 g/mol. The molecular weight excluding hydrogens is 403 g/mol. The molecule has 1 aliphatic heterocycles. The summed E-state index contributed by atoms with van der Waals surface area (Å²) < 4.78 is 1.05. The number of imide groups is 1. The normalized spacial score (nSPS) is 13.7. The summed E-state index contributed by atoms with van der Waals surface area (Å²) in [6, 6.07) is 14.7. The van der Waals surface area contributed by atoms with Crippen LogP contribution in [0, 0.1) is 10.5 Å². The van der Waals surface area contributed by atoms with Crippen LogP contribution in [0.4, 0.5) is 5.69 Å². The molecule has 0 radical (unpaired) electrons. The predicted octanol–water partition coefficient (Wildman–Crippen LogP) is 3.95. The standard InChI is InChI=1S/C18H11IN2O2/c1-10-15-16(13-4-2-3-5-14(13)20-10)18(23)21(17(15)22)12-8-6-11(19)7-9-12/h2-9H,1H3. The molecule has 2 amide bonds. The van der Waals surface area contributed by atoms with E-state index < -0.39 is 0 Å². The third-order valence-electron chi connectivity index (χ3n) is 3.99. The lowest BCUT2D eigenvalue weighted by molar-refractivity contribution is 0.0926. The number of nitrogens with zero attached hydrogens (tertiary/aromatic N) is 2. The summed E-state index contributed by atoms with van der Waals surface area (Å²) in [6.07, 6.45) is 0. The molecule has 0 N–H and O–H groups in total. The van der Waals surface area contributed by atoms with Gasteiger partial charge in [-0.15, -0.1) is 0 Å². The first-order chi connectivity index (χ1) is 11.1. The van der Waals surface area contributed by atoms with E-state index in [1.165, 1.54) is 4.90 Å². The van der Waals surface area contributed by atoms with Crippen molar-refractivity contribution < 1.29 is 9.59 Å². The van der Waals surface area contributed by atoms with Gasteiger partial charge in [-0.2, -0.15) is 0 Å². The molecule has 4 rings (SSSR count). The second kappa shape index (κ2) is 5.13. The number of fused-ring (bicyclic) bond motifs is 3. The predicted molar refractivity (Wildman–Crippen MR) is 96.8 cm³/mol. The number of halogens is 1. The second-order valence-electron chi connectivity index (χ2n) is 5.39. The van der Waals surface area contributed by atoms with Crippen LogP contribution in [0.1, 0.15) is 26.4 Å². The number of aromatic nitrogens is 1. The lowest BCUT2D eigenvalue weighted by Crippen LogP contribution is -2.29. The van der Waals surface area contributed by atoms with Gasteiger partial charge in [-0.3, -0.25) is 14.6 Å². The summed E-state index contributed by atoms with van der Waals surface area (Å²) in [6.45, 7) is 1.77. The summed E-state index contributed by atoms with van der Waals surface area (Å²) >= 11 is 2.19. The van der Waals surface area contributed by atoms with Crippen LogP contribution in [-0.4, -0.2) is 16.8 Å². The van der Waals surface area contributed by atoms with Crippen LogP contribution >= 0.6 is 22.6 Å². The number of carbonyl (C=O) groups excluding carboxylic acids is 2. The minimum Gasteiger partial charge on any atom is -0.268 e. The molecule has 0 saturated heterocycles. The number of carbonyl (C=O) groups is 2. The Balaban J connectivity index is 1.97. The van der Waals surface area contributed by atoms with Gasteiger partial charge >= 0.3 is 0 Å². The molecular formula is C18H11IN2O2. The molecule has 1 aliphatic rings. The highest BCUT2D eigenvalue weighted by Crippen LogP contribution is 2.34. The highest BCUT2D eigenvalue weighted by atomic mass is 127. The molecule has 0 aliphatic carbocycles. The molecule has 0 saturated carbocycles. The van der Waals surface area contributed by atoms with Crippen molar-refractivity contribution in [2.24, 2.45) is 0 Å². The van der Waals surface area contributed by atoms with Crippen molar-refractivity contribution >= 4 is 51.0 Å². The van der Waals surface area contributed by atoms with Crippen LogP contribution in [0.25, 0.3) is 10.9 Å². The van der Waals surface area contributed by atoms with E-state index >= 15 is 0 Å². The maximum atomic E-state index is 12.9. The fourth-order valence-corrected chi connectivity index (χ4v) is 3.32. The Morgan fingerprint density at radius 1 is 0.913 bits per heavy atom. The first-order valence-electron chi connectivity index (χ1n) is 7.11. The Morgan fingerprint density at radius 2 is 1.57 bits per heavy atom. The van der Waals surface area contributed by atoms with Gasteiger partial charge in [0, 0.05) is 8.96 Å². The SMILES string of the molecule is Cc1nc2ccccc2c2c1C(=O)N(c1ccc(I)cc1)C2=O. The van der Waals surface area contributed by atoms with E-state index in [4.69, 9.17) is 0 Å². The van der Waals surface area contributed by atoms with Crippen molar-refractivity contribution in [1.82, 2.24) is 4.98 Å². The van der Waals surface area contributed by atoms with Crippen molar-refractivity contribution in [3.63, 3.8) is 0 Å². The Hall–Kier alpha value is -2.28. The highest BCUT2D eigenvalue weighted by Gasteiger charge is 2.39. The molecule has 1 aromatic heterocycles. The third-order valence-corrected chi connectivity index (χ3v) is 4.71. The fourth-order valence-electron chi connectivity index (χ4n) is 2.96. The van der Waals surface area contributed by atoms with E-state index in [-0.39, 0.29) is 11.8 Å². The molecule has 2 aromatic carbocycles. The number of amides is 2. The van der Waals surface area contributed by atoms with Gasteiger partial charge in [-0.05, 0) is 59.8 Å². The molecule has 0 bridgehead atoms. The lowest BCUT2D eigenvalue weighted by Gasteiger charge is -2.13. The highest BCUT2D eigenvalue weighted by molar-refractivity contribution is 14.1. The van der Waals surface area contributed by atoms with Gasteiger partial charge in [-0.25, -0.2) is 4.90 Å². The molecule has 3 aromatic rings. The second-order valence-corrected chi connectivity index (χ2v) is 6.63. The first kappa shape index (κ1) is 14.3. The number of rotatable bonds is 1. The fraction of sp³-hybridized carbons (Fsp3) is 0.0556. The molecule has 0 fully saturated rings. The molecule has 0 spiro atoms. The third kappa shape index (κ3) is 2.07. The van der Waals surface area contributed by atoms with E-state index in [0.717, 1.165) is 14.5 Å². The van der Waals surface area contributed by atoms with Gasteiger partial charge in [0.25, 0.3) is 11.8 Å². The van der Waals surface area contributed by atoms with E-state index in [1.807, 2.05) is 36.4 Å². The van der Waals surface area contributed by atoms with Crippen LogP contribution in [0.15, 0.2) is 48.5 Å². The van der Waals surface area contributed by atoms with E-state index in [9.17, 15) is 9.59 Å². The van der Waals surface area contributed by atoms with Crippen LogP contribution in [-0.2, 0) is 0 Å². The van der Waals surface area contributed by atoms with E-state index in [2.05, 4.69) is 27.6 Å². The summed E-state index contributed by atoms with van der Waals surface area (Å²) in [4.78, 5) is 31.5. The minimum atomic E-state index is -0.304. The van der Waals surface area contributed by atoms with Crippen LogP contribution in [0.5, 0.6) is 0 Å². The van der Waals surface area contributed by atoms with Crippen molar-refractivity contribution in [3.05, 3.63) is 68.9 Å². The number of aryl methyl sites for hydroxylation is 1. The summed E-state index contributed by atoms with van der Waals surface area (Å²) in [5.41, 5.74) is 2.77. The number of hydrogen-bond acceptors (Lipinski definition) is 3. The first-order valence-corrected chi connectivity index (χ1v) is 8.19. The number of para-hydroxylation sites is 1. The Labute approximate surface area is 146 Å². The molecule has 4 nitrogen and oxygen atoms in total. The smallest absolute Gasteiger partial charge is 0.268 e. The van der Waals surface area contributed by atoms with Crippen molar-refractivity contribution in [1.29, 1.82) is 0 Å². The van der Waals surface area contributed by atoms with Crippen LogP contribution in [0.3, 0.4) is 0 Å². The van der Waals surface area contributed by atoms with Gasteiger partial charge in [0.2, 0.25) is 0 Å². The average Bonchev–Trinajstić information content (AvgIpc) is 2.81. The quantitative estimate of drug-likeness (QED) is 0.448. The zero-order valence-corrected chi connectivity index (χ0v) is 14.4. The van der Waals surface area contributed by atoms with Gasteiger partial charge in [0.15, 0.2) is 0 Å². The minimum absolute atomic E-state index is 0.284. The summed E-state index contributed by atoms with van der Waals surface area (Å²) in [5.74, 6) is -0.588. The van der Waals surface area contributed by atoms with Crippen molar-refractivity contribution in [2.45, 2.75) is 6.92 Å². The summed E-state index contributed by atoms with van der Waals surface area (Å²) in [5, 5.41) is 0.722. The number of hydrogen-bond donors (Lipinski definition) is 0. The number of pyridine rings is 1. The zero-order chi connectivity index (χ0) is 16.1. The van der Waals surface area contributed by atoms with Crippen LogP contribution in [0.2, 0.25) is 0 Å². The average molecular weight is 414 g/mol. The van der Waals surface area contributed by atoms with Crippen molar-refractivity contribution in [3.8, 4) is 0 Å². The Bertz CT molecular complexity index is 980. The molecule has 0 atom stereocenters. The van der Waals surface area contributed by atoms with Gasteiger partial charge in [-0.1, -0.05) is 18.2 Å². The van der Waals surface area contributed by atoms with Gasteiger partial charge in [0.05, 0.1) is 28.0 Å². The number of benzene rings is 2. The maximum absolute atomic E-state index is 12.9. The van der Waals surface area contributed by atoms with Crippen LogP contribution < -0.4 is 4.90 Å². The topological polar surface area (TPSA) is 50.3 Å². The molecule has 23 heavy (non-hydrogen) atoms. The lowest BCUT2D eigenvalue weighted by atomic mass is 10.0.